The van der Waals surface area contributed by atoms with E-state index in [0.29, 0.717) is 21.9 Å². The van der Waals surface area contributed by atoms with Crippen molar-refractivity contribution in [2.45, 2.75) is 13.0 Å². The first-order valence-corrected chi connectivity index (χ1v) is 11.8. The number of nitrogens with zero attached hydrogens (tertiary/aromatic N) is 1. The van der Waals surface area contributed by atoms with E-state index in [1.165, 1.54) is 11.0 Å². The van der Waals surface area contributed by atoms with Gasteiger partial charge in [0, 0.05) is 15.5 Å². The number of rotatable bonds is 4. The van der Waals surface area contributed by atoms with Crippen LogP contribution in [0.2, 0.25) is 10.0 Å². The Morgan fingerprint density at radius 1 is 1.03 bits per heavy atom. The number of Topliss-reactive ketones (excluding diaryl/α,β-unsaturated/α-hetero) is 1. The topological polar surface area (TPSA) is 70.7 Å². The third-order valence-corrected chi connectivity index (χ3v) is 7.05. The van der Waals surface area contributed by atoms with Gasteiger partial charge in [0.1, 0.15) is 5.58 Å². The largest absolute Gasteiger partial charge is 0.503 e. The fourth-order valence-corrected chi connectivity index (χ4v) is 4.86. The Hall–Kier alpha value is -3.06. The summed E-state index contributed by atoms with van der Waals surface area (Å²) in [5.74, 6) is -1.90. The highest BCUT2D eigenvalue weighted by Crippen LogP contribution is 2.44. The summed E-state index contributed by atoms with van der Waals surface area (Å²) < 4.78 is 6.62. The predicted octanol–water partition coefficient (Wildman–Crippen LogP) is 7.59. The van der Waals surface area contributed by atoms with E-state index in [4.69, 9.17) is 27.6 Å². The normalized spacial score (nSPS) is 16.1. The van der Waals surface area contributed by atoms with E-state index in [2.05, 4.69) is 15.9 Å². The lowest BCUT2D eigenvalue weighted by Crippen LogP contribution is -2.31. The number of hydrogen-bond acceptors (Lipinski definition) is 4. The lowest BCUT2D eigenvalue weighted by atomic mass is 9.92. The molecule has 8 heteroatoms. The number of hydrogen-bond donors (Lipinski definition) is 1. The van der Waals surface area contributed by atoms with Gasteiger partial charge >= 0.3 is 0 Å². The van der Waals surface area contributed by atoms with Crippen LogP contribution < -0.4 is 4.90 Å². The predicted molar refractivity (Wildman–Crippen MR) is 136 cm³/mol. The van der Waals surface area contributed by atoms with Crippen LogP contribution in [0, 0.1) is 6.92 Å². The van der Waals surface area contributed by atoms with Gasteiger partial charge in [-0.2, -0.15) is 0 Å². The fraction of sp³-hybridized carbons (Fsp3) is 0.0769. The van der Waals surface area contributed by atoms with Crippen LogP contribution in [-0.2, 0) is 4.79 Å². The number of ketones is 1. The Morgan fingerprint density at radius 3 is 2.53 bits per heavy atom. The number of aliphatic hydroxyl groups is 1. The molecule has 5 nitrogen and oxygen atoms in total. The van der Waals surface area contributed by atoms with E-state index in [1.54, 1.807) is 30.3 Å². The highest BCUT2D eigenvalue weighted by atomic mass is 79.9. The molecule has 1 N–H and O–H groups in total. The summed E-state index contributed by atoms with van der Waals surface area (Å²) in [6.07, 6.45) is 0. The summed E-state index contributed by atoms with van der Waals surface area (Å²) in [4.78, 5) is 28.4. The van der Waals surface area contributed by atoms with Crippen molar-refractivity contribution in [2.75, 3.05) is 4.90 Å². The standard InChI is InChI=1S/C26H16BrCl2NO4/c1-13-4-2-3-5-17(13)23-22(24(31)21-11-14-10-15(27)6-9-20(14)34-21)25(32)26(33)30(23)16-7-8-18(28)19(29)12-16/h2-12,23,32H,1H3. The smallest absolute Gasteiger partial charge is 0.294 e. The number of halogens is 3. The van der Waals surface area contributed by atoms with Gasteiger partial charge in [-0.15, -0.1) is 0 Å². The van der Waals surface area contributed by atoms with E-state index in [0.717, 1.165) is 15.4 Å². The maximum atomic E-state index is 13.7. The van der Waals surface area contributed by atoms with Gasteiger partial charge in [-0.3, -0.25) is 14.5 Å². The molecule has 1 amide bonds. The summed E-state index contributed by atoms with van der Waals surface area (Å²) in [5.41, 5.74) is 2.39. The number of amides is 1. The minimum absolute atomic E-state index is 0.0250. The van der Waals surface area contributed by atoms with Gasteiger partial charge in [-0.25, -0.2) is 0 Å². The Balaban J connectivity index is 1.68. The molecule has 1 aliphatic rings. The number of benzene rings is 3. The number of aryl methyl sites for hydroxylation is 1. The van der Waals surface area contributed by atoms with Gasteiger partial charge in [-0.05, 0) is 60.5 Å². The zero-order chi connectivity index (χ0) is 24.1. The third kappa shape index (κ3) is 3.72. The first-order chi connectivity index (χ1) is 16.3. The quantitative estimate of drug-likeness (QED) is 0.263. The molecule has 0 aliphatic carbocycles. The van der Waals surface area contributed by atoms with Gasteiger partial charge < -0.3 is 9.52 Å². The summed E-state index contributed by atoms with van der Waals surface area (Å²) in [7, 11) is 0. The van der Waals surface area contributed by atoms with Gasteiger partial charge in [0.25, 0.3) is 5.91 Å². The molecule has 0 saturated heterocycles. The van der Waals surface area contributed by atoms with Crippen LogP contribution in [0.5, 0.6) is 0 Å². The zero-order valence-corrected chi connectivity index (χ0v) is 20.8. The average Bonchev–Trinajstić information content (AvgIpc) is 3.34. The van der Waals surface area contributed by atoms with Crippen LogP contribution in [0.3, 0.4) is 0 Å². The van der Waals surface area contributed by atoms with Crippen LogP contribution in [0.4, 0.5) is 5.69 Å². The van der Waals surface area contributed by atoms with Gasteiger partial charge in [0.05, 0.1) is 21.7 Å². The van der Waals surface area contributed by atoms with E-state index in [-0.39, 0.29) is 16.4 Å². The van der Waals surface area contributed by atoms with E-state index in [1.807, 2.05) is 37.3 Å². The maximum Gasteiger partial charge on any atom is 0.294 e. The fourth-order valence-electron chi connectivity index (χ4n) is 4.19. The van der Waals surface area contributed by atoms with E-state index >= 15 is 0 Å². The molecule has 3 aromatic carbocycles. The maximum absolute atomic E-state index is 13.7. The summed E-state index contributed by atoms with van der Waals surface area (Å²) >= 11 is 15.7. The van der Waals surface area contributed by atoms with Crippen molar-refractivity contribution in [3.8, 4) is 0 Å². The molecule has 0 fully saturated rings. The molecule has 1 unspecified atom stereocenters. The molecule has 34 heavy (non-hydrogen) atoms. The first-order valence-electron chi connectivity index (χ1n) is 10.3. The molecular weight excluding hydrogens is 541 g/mol. The summed E-state index contributed by atoms with van der Waals surface area (Å²) in [5, 5.41) is 12.2. The van der Waals surface area contributed by atoms with Crippen molar-refractivity contribution in [3.05, 3.63) is 109 Å². The minimum atomic E-state index is -0.890. The lowest BCUT2D eigenvalue weighted by Gasteiger charge is -2.28. The molecule has 0 spiro atoms. The summed E-state index contributed by atoms with van der Waals surface area (Å²) in [6.45, 7) is 1.88. The molecule has 0 bridgehead atoms. The van der Waals surface area contributed by atoms with Crippen molar-refractivity contribution < 1.29 is 19.1 Å². The monoisotopic (exact) mass is 555 g/mol. The van der Waals surface area contributed by atoms with Crippen LogP contribution in [0.25, 0.3) is 11.0 Å². The Morgan fingerprint density at radius 2 is 1.79 bits per heavy atom. The number of furan rings is 1. The molecule has 1 aromatic heterocycles. The average molecular weight is 557 g/mol. The van der Waals surface area contributed by atoms with Crippen LogP contribution in [0.15, 0.2) is 87.0 Å². The number of carbonyl (C=O) groups excluding carboxylic acids is 2. The van der Waals surface area contributed by atoms with Crippen LogP contribution >= 0.6 is 39.1 Å². The third-order valence-electron chi connectivity index (χ3n) is 5.82. The molecule has 0 radical (unpaired) electrons. The molecule has 4 aromatic rings. The SMILES string of the molecule is Cc1ccccc1C1C(C(=O)c2cc3cc(Br)ccc3o2)=C(O)C(=O)N1c1ccc(Cl)c(Cl)c1. The van der Waals surface area contributed by atoms with E-state index < -0.39 is 23.5 Å². The van der Waals surface area contributed by atoms with E-state index in [9.17, 15) is 14.7 Å². The highest BCUT2D eigenvalue weighted by Gasteiger charge is 2.46. The Kier molecular flexibility index (Phi) is 5.76. The molecule has 1 atom stereocenters. The number of carbonyl (C=O) groups is 2. The zero-order valence-electron chi connectivity index (χ0n) is 17.7. The van der Waals surface area contributed by atoms with Crippen molar-refractivity contribution in [1.29, 1.82) is 0 Å². The molecular formula is C26H16BrCl2NO4. The Bertz CT molecular complexity index is 1520. The molecule has 0 saturated carbocycles. The second-order valence-electron chi connectivity index (χ2n) is 7.92. The number of fused-ring (bicyclic) bond motifs is 1. The van der Waals surface area contributed by atoms with Gasteiger partial charge in [-0.1, -0.05) is 63.4 Å². The molecule has 2 heterocycles. The van der Waals surface area contributed by atoms with Gasteiger partial charge in [0.15, 0.2) is 11.5 Å². The number of anilines is 1. The summed E-state index contributed by atoms with van der Waals surface area (Å²) in [6, 6.07) is 18.2. The second kappa shape index (κ2) is 8.62. The van der Waals surface area contributed by atoms with Crippen molar-refractivity contribution in [3.63, 3.8) is 0 Å². The molecule has 170 valence electrons. The van der Waals surface area contributed by atoms with Crippen LogP contribution in [0.1, 0.15) is 27.7 Å². The molecule has 5 rings (SSSR count). The molecule has 1 aliphatic heterocycles. The highest BCUT2D eigenvalue weighted by molar-refractivity contribution is 9.10. The van der Waals surface area contributed by atoms with Gasteiger partial charge in [0.2, 0.25) is 5.78 Å². The van der Waals surface area contributed by atoms with Crippen molar-refractivity contribution >= 4 is 67.5 Å². The number of aliphatic hydroxyl groups excluding tert-OH is 1. The Labute approximate surface area is 213 Å². The first kappa shape index (κ1) is 22.7. The van der Waals surface area contributed by atoms with Crippen molar-refractivity contribution in [2.24, 2.45) is 0 Å². The van der Waals surface area contributed by atoms with Crippen molar-refractivity contribution in [1.82, 2.24) is 0 Å². The minimum Gasteiger partial charge on any atom is -0.503 e. The lowest BCUT2D eigenvalue weighted by molar-refractivity contribution is -0.117. The second-order valence-corrected chi connectivity index (χ2v) is 9.65. The van der Waals surface area contributed by atoms with Crippen LogP contribution in [-0.4, -0.2) is 16.8 Å².